The molecule has 0 aromatic heterocycles. The number of rotatable bonds is 3. The molecule has 0 amide bonds. The summed E-state index contributed by atoms with van der Waals surface area (Å²) in [4.78, 5) is 13.6. The summed E-state index contributed by atoms with van der Waals surface area (Å²) in [7, 11) is 0. The predicted molar refractivity (Wildman–Crippen MR) is 73.4 cm³/mol. The minimum atomic E-state index is -0.901. The molecular formula is C13H7ClF2N2O3. The zero-order chi connectivity index (χ0) is 15.6. The molecule has 2 rings (SSSR count). The van der Waals surface area contributed by atoms with E-state index < -0.39 is 28.0 Å². The average Bonchev–Trinajstić information content (AvgIpc) is 2.40. The van der Waals surface area contributed by atoms with Crippen LogP contribution in [0.25, 0.3) is 0 Å². The van der Waals surface area contributed by atoms with Gasteiger partial charge in [-0.25, -0.2) is 8.78 Å². The summed E-state index contributed by atoms with van der Waals surface area (Å²) in [6.45, 7) is 0. The average molecular weight is 313 g/mol. The van der Waals surface area contributed by atoms with Crippen molar-refractivity contribution in [3.05, 3.63) is 62.7 Å². The Bertz CT molecular complexity index is 750. The van der Waals surface area contributed by atoms with E-state index in [1.807, 2.05) is 0 Å². The quantitative estimate of drug-likeness (QED) is 0.529. The fraction of sp³-hybridized carbons (Fsp3) is 0. The van der Waals surface area contributed by atoms with Crippen molar-refractivity contribution >= 4 is 29.2 Å². The number of benzene rings is 2. The second-order valence-electron chi connectivity index (χ2n) is 3.97. The number of hydrogen-bond acceptors (Lipinski definition) is 4. The number of nitro benzene ring substituents is 1. The van der Waals surface area contributed by atoms with E-state index in [2.05, 4.69) is 4.99 Å². The molecule has 0 bridgehead atoms. The smallest absolute Gasteiger partial charge is 0.312 e. The molecule has 5 nitrogen and oxygen atoms in total. The summed E-state index contributed by atoms with van der Waals surface area (Å²) >= 11 is 5.70. The largest absolute Gasteiger partial charge is 0.502 e. The number of nitrogens with zero attached hydrogens (tertiary/aromatic N) is 2. The van der Waals surface area contributed by atoms with Crippen molar-refractivity contribution in [1.82, 2.24) is 0 Å². The molecule has 21 heavy (non-hydrogen) atoms. The minimum Gasteiger partial charge on any atom is -0.502 e. The van der Waals surface area contributed by atoms with Crippen molar-refractivity contribution in [3.8, 4) is 5.75 Å². The topological polar surface area (TPSA) is 75.7 Å². The van der Waals surface area contributed by atoms with Crippen molar-refractivity contribution in [1.29, 1.82) is 0 Å². The normalized spacial score (nSPS) is 11.0. The lowest BCUT2D eigenvalue weighted by molar-refractivity contribution is -0.385. The van der Waals surface area contributed by atoms with Crippen LogP contribution in [0.1, 0.15) is 5.56 Å². The highest BCUT2D eigenvalue weighted by Crippen LogP contribution is 2.32. The highest BCUT2D eigenvalue weighted by molar-refractivity contribution is 6.31. The summed E-state index contributed by atoms with van der Waals surface area (Å²) in [5, 5.41) is 20.5. The van der Waals surface area contributed by atoms with Gasteiger partial charge in [0.1, 0.15) is 5.82 Å². The second-order valence-corrected chi connectivity index (χ2v) is 4.41. The van der Waals surface area contributed by atoms with Crippen LogP contribution in [0.3, 0.4) is 0 Å². The van der Waals surface area contributed by atoms with Gasteiger partial charge in [-0.1, -0.05) is 11.6 Å². The van der Waals surface area contributed by atoms with Crippen LogP contribution in [0, 0.1) is 21.7 Å². The van der Waals surface area contributed by atoms with E-state index in [4.69, 9.17) is 11.6 Å². The van der Waals surface area contributed by atoms with Gasteiger partial charge in [0.05, 0.1) is 10.6 Å². The van der Waals surface area contributed by atoms with Gasteiger partial charge >= 0.3 is 5.69 Å². The van der Waals surface area contributed by atoms with E-state index in [0.717, 1.165) is 24.4 Å². The monoisotopic (exact) mass is 312 g/mol. The molecule has 0 heterocycles. The van der Waals surface area contributed by atoms with Crippen molar-refractivity contribution < 1.29 is 18.8 Å². The van der Waals surface area contributed by atoms with E-state index >= 15 is 0 Å². The molecule has 2 aromatic carbocycles. The van der Waals surface area contributed by atoms with Crippen LogP contribution in [-0.4, -0.2) is 16.2 Å². The lowest BCUT2D eigenvalue weighted by atomic mass is 10.2. The van der Waals surface area contributed by atoms with E-state index in [9.17, 15) is 24.0 Å². The third-order valence-corrected chi connectivity index (χ3v) is 2.75. The van der Waals surface area contributed by atoms with Crippen LogP contribution < -0.4 is 0 Å². The molecular weight excluding hydrogens is 306 g/mol. The van der Waals surface area contributed by atoms with Gasteiger partial charge in [0, 0.05) is 28.9 Å². The number of phenols is 1. The first-order valence-corrected chi connectivity index (χ1v) is 5.92. The van der Waals surface area contributed by atoms with Crippen LogP contribution in [0.15, 0.2) is 35.3 Å². The van der Waals surface area contributed by atoms with Gasteiger partial charge in [-0.2, -0.15) is 0 Å². The first kappa shape index (κ1) is 14.9. The molecule has 0 saturated carbocycles. The van der Waals surface area contributed by atoms with Crippen LogP contribution >= 0.6 is 11.6 Å². The standard InChI is InChI=1S/C13H7ClF2N2O3/c14-8-3-7(13(19)12(4-8)18(20)21)6-17-11-2-1-9(15)5-10(11)16/h1-6,19H. The van der Waals surface area contributed by atoms with Crippen molar-refractivity contribution in [2.24, 2.45) is 4.99 Å². The summed E-state index contributed by atoms with van der Waals surface area (Å²) in [6.07, 6.45) is 1.00. The van der Waals surface area contributed by atoms with Gasteiger partial charge in [-0.3, -0.25) is 15.1 Å². The molecule has 0 atom stereocenters. The highest BCUT2D eigenvalue weighted by Gasteiger charge is 2.17. The molecule has 0 spiro atoms. The van der Waals surface area contributed by atoms with Gasteiger partial charge in [-0.05, 0) is 18.2 Å². The van der Waals surface area contributed by atoms with Crippen LogP contribution in [0.4, 0.5) is 20.2 Å². The number of hydrogen-bond donors (Lipinski definition) is 1. The first-order chi connectivity index (χ1) is 9.88. The summed E-state index contributed by atoms with van der Waals surface area (Å²) in [5.74, 6) is -2.30. The predicted octanol–water partition coefficient (Wildman–Crippen LogP) is 3.98. The maximum Gasteiger partial charge on any atom is 0.312 e. The maximum atomic E-state index is 13.4. The van der Waals surface area contributed by atoms with Crippen molar-refractivity contribution in [3.63, 3.8) is 0 Å². The van der Waals surface area contributed by atoms with Crippen LogP contribution in [0.2, 0.25) is 5.02 Å². The number of aromatic hydroxyl groups is 1. The van der Waals surface area contributed by atoms with Crippen molar-refractivity contribution in [2.45, 2.75) is 0 Å². The van der Waals surface area contributed by atoms with Crippen LogP contribution in [-0.2, 0) is 0 Å². The number of nitro groups is 1. The zero-order valence-corrected chi connectivity index (χ0v) is 11.0. The summed E-state index contributed by atoms with van der Waals surface area (Å²) in [5.41, 5.74) is -0.833. The Morgan fingerprint density at radius 3 is 2.62 bits per heavy atom. The fourth-order valence-corrected chi connectivity index (χ4v) is 1.79. The maximum absolute atomic E-state index is 13.4. The molecule has 8 heteroatoms. The van der Waals surface area contributed by atoms with Crippen molar-refractivity contribution in [2.75, 3.05) is 0 Å². The lowest BCUT2D eigenvalue weighted by Crippen LogP contribution is -1.92. The van der Waals surface area contributed by atoms with E-state index in [1.54, 1.807) is 0 Å². The molecule has 1 N–H and O–H groups in total. The molecule has 0 fully saturated rings. The molecule has 0 saturated heterocycles. The Kier molecular flexibility index (Phi) is 4.13. The second kappa shape index (κ2) is 5.84. The Morgan fingerprint density at radius 2 is 2.00 bits per heavy atom. The van der Waals surface area contributed by atoms with Gasteiger partial charge in [0.15, 0.2) is 5.82 Å². The molecule has 0 unspecified atom stereocenters. The Balaban J connectivity index is 2.43. The Hall–Kier alpha value is -2.54. The molecule has 2 aromatic rings. The van der Waals surface area contributed by atoms with Gasteiger partial charge in [-0.15, -0.1) is 0 Å². The Labute approximate surface area is 122 Å². The SMILES string of the molecule is O=[N+]([O-])c1cc(Cl)cc(C=Nc2ccc(F)cc2F)c1O. The Morgan fingerprint density at radius 1 is 1.29 bits per heavy atom. The van der Waals surface area contributed by atoms with Gasteiger partial charge in [0.25, 0.3) is 0 Å². The molecule has 108 valence electrons. The van der Waals surface area contributed by atoms with E-state index in [0.29, 0.717) is 6.07 Å². The minimum absolute atomic E-state index is 0.0144. The number of aliphatic imine (C=N–C) groups is 1. The lowest BCUT2D eigenvalue weighted by Gasteiger charge is -2.02. The number of halogens is 3. The molecule has 0 aliphatic heterocycles. The first-order valence-electron chi connectivity index (χ1n) is 5.54. The van der Waals surface area contributed by atoms with E-state index in [-0.39, 0.29) is 16.3 Å². The van der Waals surface area contributed by atoms with Gasteiger partial charge in [0.2, 0.25) is 5.75 Å². The highest BCUT2D eigenvalue weighted by atomic mass is 35.5. The molecule has 0 radical (unpaired) electrons. The van der Waals surface area contributed by atoms with Gasteiger partial charge < -0.3 is 5.11 Å². The van der Waals surface area contributed by atoms with Crippen LogP contribution in [0.5, 0.6) is 5.75 Å². The summed E-state index contributed by atoms with van der Waals surface area (Å²) in [6, 6.07) is 4.96. The third kappa shape index (κ3) is 3.32. The van der Waals surface area contributed by atoms with E-state index in [1.165, 1.54) is 6.07 Å². The summed E-state index contributed by atoms with van der Waals surface area (Å²) < 4.78 is 26.1. The molecule has 0 aliphatic rings. The fourth-order valence-electron chi connectivity index (χ4n) is 1.57. The number of phenolic OH excluding ortho intramolecular Hbond substituents is 1. The zero-order valence-electron chi connectivity index (χ0n) is 10.3. The molecule has 0 aliphatic carbocycles. The third-order valence-electron chi connectivity index (χ3n) is 2.53.